The molecule has 1 aliphatic carbocycles. The molecular weight excluding hydrogens is 248 g/mol. The van der Waals surface area contributed by atoms with Crippen LogP contribution >= 0.6 is 11.8 Å². The fourth-order valence-corrected chi connectivity index (χ4v) is 3.34. The van der Waals surface area contributed by atoms with E-state index >= 15 is 0 Å². The minimum Gasteiger partial charge on any atom is -0.381 e. The molecule has 0 bridgehead atoms. The Morgan fingerprint density at radius 3 is 2.83 bits per heavy atom. The Bertz CT molecular complexity index is 577. The SMILES string of the molecule is COC1CC(Sc2nc3nc(C)cc(C)n3n2)C1. The summed E-state index contributed by atoms with van der Waals surface area (Å²) < 4.78 is 7.08. The first kappa shape index (κ1) is 11.9. The van der Waals surface area contributed by atoms with E-state index in [9.17, 15) is 0 Å². The molecule has 3 rings (SSSR count). The average Bonchev–Trinajstić information content (AvgIpc) is 2.65. The molecule has 0 radical (unpaired) electrons. The molecule has 1 saturated carbocycles. The molecule has 1 aliphatic rings. The molecule has 0 aliphatic heterocycles. The lowest BCUT2D eigenvalue weighted by molar-refractivity contribution is 0.0457. The van der Waals surface area contributed by atoms with E-state index in [4.69, 9.17) is 4.74 Å². The predicted molar refractivity (Wildman–Crippen MR) is 69.9 cm³/mol. The maximum atomic E-state index is 5.28. The second kappa shape index (κ2) is 4.51. The molecule has 0 N–H and O–H groups in total. The molecular formula is C12H16N4OS. The first-order valence-corrected chi connectivity index (χ1v) is 6.94. The van der Waals surface area contributed by atoms with Gasteiger partial charge in [0.2, 0.25) is 5.16 Å². The van der Waals surface area contributed by atoms with E-state index in [0.717, 1.165) is 29.4 Å². The Morgan fingerprint density at radius 2 is 2.11 bits per heavy atom. The zero-order valence-electron chi connectivity index (χ0n) is 10.8. The van der Waals surface area contributed by atoms with E-state index in [1.807, 2.05) is 24.4 Å². The molecule has 1 fully saturated rings. The molecule has 2 aromatic heterocycles. The van der Waals surface area contributed by atoms with Gasteiger partial charge in [-0.2, -0.15) is 4.98 Å². The second-order valence-corrected chi connectivity index (χ2v) is 5.98. The lowest BCUT2D eigenvalue weighted by Crippen LogP contribution is -2.32. The number of fused-ring (bicyclic) bond motifs is 1. The zero-order chi connectivity index (χ0) is 12.7. The molecule has 0 unspecified atom stereocenters. The van der Waals surface area contributed by atoms with E-state index in [2.05, 4.69) is 15.1 Å². The van der Waals surface area contributed by atoms with Gasteiger partial charge in [-0.1, -0.05) is 11.8 Å². The number of methoxy groups -OCH3 is 1. The number of aromatic nitrogens is 4. The van der Waals surface area contributed by atoms with Crippen molar-refractivity contribution in [1.29, 1.82) is 0 Å². The normalized spacial score (nSPS) is 23.3. The van der Waals surface area contributed by atoms with Gasteiger partial charge in [0.05, 0.1) is 6.10 Å². The third-order valence-corrected chi connectivity index (χ3v) is 4.36. The summed E-state index contributed by atoms with van der Waals surface area (Å²) in [7, 11) is 1.77. The molecule has 0 aromatic carbocycles. The van der Waals surface area contributed by atoms with Crippen molar-refractivity contribution in [3.05, 3.63) is 17.5 Å². The number of nitrogens with zero attached hydrogens (tertiary/aromatic N) is 4. The lowest BCUT2D eigenvalue weighted by atomic mass is 9.95. The smallest absolute Gasteiger partial charge is 0.253 e. The quantitative estimate of drug-likeness (QED) is 0.849. The summed E-state index contributed by atoms with van der Waals surface area (Å²) in [5.41, 5.74) is 2.05. The molecule has 0 spiro atoms. The molecule has 2 aromatic rings. The number of hydrogen-bond acceptors (Lipinski definition) is 5. The third-order valence-electron chi connectivity index (χ3n) is 3.26. The van der Waals surface area contributed by atoms with Crippen molar-refractivity contribution < 1.29 is 4.74 Å². The van der Waals surface area contributed by atoms with Crippen molar-refractivity contribution >= 4 is 17.5 Å². The van der Waals surface area contributed by atoms with Crippen LogP contribution in [-0.2, 0) is 4.74 Å². The zero-order valence-corrected chi connectivity index (χ0v) is 11.6. The Hall–Kier alpha value is -1.14. The Balaban J connectivity index is 1.79. The molecule has 6 heteroatoms. The highest BCUT2D eigenvalue weighted by molar-refractivity contribution is 7.99. The van der Waals surface area contributed by atoms with Gasteiger partial charge < -0.3 is 4.74 Å². The van der Waals surface area contributed by atoms with Crippen molar-refractivity contribution in [2.75, 3.05) is 7.11 Å². The van der Waals surface area contributed by atoms with Gasteiger partial charge in [0.1, 0.15) is 0 Å². The molecule has 18 heavy (non-hydrogen) atoms. The van der Waals surface area contributed by atoms with Crippen LogP contribution in [0.5, 0.6) is 0 Å². The highest BCUT2D eigenvalue weighted by Gasteiger charge is 2.30. The van der Waals surface area contributed by atoms with Crippen molar-refractivity contribution in [1.82, 2.24) is 19.6 Å². The minimum atomic E-state index is 0.418. The van der Waals surface area contributed by atoms with Gasteiger partial charge in [0.15, 0.2) is 0 Å². The Kier molecular flexibility index (Phi) is 2.99. The summed E-state index contributed by atoms with van der Waals surface area (Å²) in [6.45, 7) is 4.00. The number of hydrogen-bond donors (Lipinski definition) is 0. The maximum Gasteiger partial charge on any atom is 0.253 e. The summed E-state index contributed by atoms with van der Waals surface area (Å²) >= 11 is 1.73. The van der Waals surface area contributed by atoms with Crippen LogP contribution < -0.4 is 0 Å². The van der Waals surface area contributed by atoms with Crippen LogP contribution in [0, 0.1) is 13.8 Å². The molecule has 2 heterocycles. The third kappa shape index (κ3) is 2.10. The monoisotopic (exact) mass is 264 g/mol. The number of rotatable bonds is 3. The fourth-order valence-electron chi connectivity index (χ4n) is 2.15. The van der Waals surface area contributed by atoms with Crippen LogP contribution in [0.4, 0.5) is 0 Å². The number of ether oxygens (including phenoxy) is 1. The van der Waals surface area contributed by atoms with E-state index in [1.54, 1.807) is 18.9 Å². The van der Waals surface area contributed by atoms with Gasteiger partial charge in [-0.3, -0.25) is 0 Å². The van der Waals surface area contributed by atoms with Crippen molar-refractivity contribution in [2.24, 2.45) is 0 Å². The van der Waals surface area contributed by atoms with Crippen LogP contribution in [0.1, 0.15) is 24.2 Å². The van der Waals surface area contributed by atoms with E-state index in [1.165, 1.54) is 0 Å². The number of thioether (sulfide) groups is 1. The van der Waals surface area contributed by atoms with Crippen LogP contribution in [0.3, 0.4) is 0 Å². The van der Waals surface area contributed by atoms with Crippen LogP contribution in [-0.4, -0.2) is 38.0 Å². The highest BCUT2D eigenvalue weighted by atomic mass is 32.2. The Morgan fingerprint density at radius 1 is 1.33 bits per heavy atom. The van der Waals surface area contributed by atoms with Crippen molar-refractivity contribution in [3.8, 4) is 0 Å². The highest BCUT2D eigenvalue weighted by Crippen LogP contribution is 2.36. The summed E-state index contributed by atoms with van der Waals surface area (Å²) in [6, 6.07) is 2.01. The van der Waals surface area contributed by atoms with Gasteiger partial charge in [0.25, 0.3) is 5.78 Å². The Labute approximate surface area is 110 Å². The van der Waals surface area contributed by atoms with E-state index < -0.39 is 0 Å². The van der Waals surface area contributed by atoms with Crippen LogP contribution in [0.15, 0.2) is 11.2 Å². The molecule has 5 nitrogen and oxygen atoms in total. The lowest BCUT2D eigenvalue weighted by Gasteiger charge is -2.32. The largest absolute Gasteiger partial charge is 0.381 e. The second-order valence-electron chi connectivity index (χ2n) is 4.71. The predicted octanol–water partition coefficient (Wildman–Crippen LogP) is 2.01. The molecule has 96 valence electrons. The standard InChI is InChI=1S/C12H16N4OS/c1-7-4-8(2)16-11(13-7)14-12(15-16)18-10-5-9(6-10)17-3/h4,9-10H,5-6H2,1-3H3. The van der Waals surface area contributed by atoms with Crippen molar-refractivity contribution in [3.63, 3.8) is 0 Å². The van der Waals surface area contributed by atoms with E-state index in [-0.39, 0.29) is 0 Å². The summed E-state index contributed by atoms with van der Waals surface area (Å²) in [6.07, 6.45) is 2.59. The van der Waals surface area contributed by atoms with Gasteiger partial charge in [-0.05, 0) is 32.8 Å². The first-order chi connectivity index (χ1) is 8.65. The van der Waals surface area contributed by atoms with Gasteiger partial charge >= 0.3 is 0 Å². The minimum absolute atomic E-state index is 0.418. The van der Waals surface area contributed by atoms with Gasteiger partial charge in [-0.15, -0.1) is 5.10 Å². The van der Waals surface area contributed by atoms with Crippen molar-refractivity contribution in [2.45, 2.75) is 43.2 Å². The van der Waals surface area contributed by atoms with Gasteiger partial charge in [0, 0.05) is 23.7 Å². The topological polar surface area (TPSA) is 52.3 Å². The average molecular weight is 264 g/mol. The summed E-state index contributed by atoms with van der Waals surface area (Å²) in [4.78, 5) is 8.86. The van der Waals surface area contributed by atoms with Crippen LogP contribution in [0.2, 0.25) is 0 Å². The van der Waals surface area contributed by atoms with E-state index in [0.29, 0.717) is 17.1 Å². The number of aryl methyl sites for hydroxylation is 2. The fraction of sp³-hybridized carbons (Fsp3) is 0.583. The molecule has 0 amide bonds. The summed E-state index contributed by atoms with van der Waals surface area (Å²) in [5.74, 6) is 0.692. The summed E-state index contributed by atoms with van der Waals surface area (Å²) in [5, 5.41) is 5.88. The first-order valence-electron chi connectivity index (χ1n) is 6.06. The van der Waals surface area contributed by atoms with Crippen LogP contribution in [0.25, 0.3) is 5.78 Å². The van der Waals surface area contributed by atoms with Gasteiger partial charge in [-0.25, -0.2) is 9.50 Å². The molecule has 0 atom stereocenters. The molecule has 0 saturated heterocycles. The maximum absolute atomic E-state index is 5.28.